The zero-order chi connectivity index (χ0) is 11.9. The van der Waals surface area contributed by atoms with Crippen LogP contribution >= 0.6 is 24.0 Å². The standard InChI is InChI=1S/C13H19N3O.HI/c1-17-12-6-3-2-5-11(12)7-10-16-13-14-8-4-9-15-13;/h2-3,5-6H,4,7-10H2,1H3,(H2,14,15,16);1H. The third-order valence-corrected chi connectivity index (χ3v) is 2.78. The second-order valence-electron chi connectivity index (χ2n) is 4.00. The van der Waals surface area contributed by atoms with Crippen molar-refractivity contribution in [1.29, 1.82) is 0 Å². The molecule has 5 heteroatoms. The van der Waals surface area contributed by atoms with Crippen LogP contribution in [0.5, 0.6) is 5.75 Å². The summed E-state index contributed by atoms with van der Waals surface area (Å²) in [7, 11) is 1.71. The number of rotatable bonds is 4. The molecule has 2 rings (SSSR count). The van der Waals surface area contributed by atoms with Crippen LogP contribution in [0.1, 0.15) is 12.0 Å². The number of nitrogens with one attached hydrogen (secondary N) is 2. The van der Waals surface area contributed by atoms with Gasteiger partial charge in [-0.1, -0.05) is 18.2 Å². The van der Waals surface area contributed by atoms with Crippen molar-refractivity contribution in [2.75, 3.05) is 26.7 Å². The Morgan fingerprint density at radius 2 is 2.22 bits per heavy atom. The average molecular weight is 361 g/mol. The first-order valence-electron chi connectivity index (χ1n) is 6.04. The van der Waals surface area contributed by atoms with Gasteiger partial charge in [0, 0.05) is 19.6 Å². The minimum atomic E-state index is 0. The van der Waals surface area contributed by atoms with Crippen molar-refractivity contribution in [3.63, 3.8) is 0 Å². The topological polar surface area (TPSA) is 45.6 Å². The van der Waals surface area contributed by atoms with Crippen molar-refractivity contribution in [2.45, 2.75) is 12.8 Å². The molecule has 4 nitrogen and oxygen atoms in total. The van der Waals surface area contributed by atoms with Gasteiger partial charge >= 0.3 is 0 Å². The lowest BCUT2D eigenvalue weighted by molar-refractivity contribution is 0.409. The Hall–Kier alpha value is -0.980. The van der Waals surface area contributed by atoms with E-state index in [-0.39, 0.29) is 24.0 Å². The zero-order valence-electron chi connectivity index (χ0n) is 10.6. The molecule has 2 N–H and O–H groups in total. The summed E-state index contributed by atoms with van der Waals surface area (Å²) in [5, 5.41) is 6.55. The van der Waals surface area contributed by atoms with Crippen molar-refractivity contribution >= 4 is 29.9 Å². The summed E-state index contributed by atoms with van der Waals surface area (Å²) in [5.74, 6) is 1.87. The minimum Gasteiger partial charge on any atom is -0.496 e. The highest BCUT2D eigenvalue weighted by Gasteiger charge is 2.04. The number of halogens is 1. The van der Waals surface area contributed by atoms with E-state index in [0.29, 0.717) is 0 Å². The molecule has 0 aromatic heterocycles. The number of nitrogens with zero attached hydrogens (tertiary/aromatic N) is 1. The highest BCUT2D eigenvalue weighted by Crippen LogP contribution is 2.17. The Morgan fingerprint density at radius 1 is 1.39 bits per heavy atom. The number of aliphatic imine (C=N–C) groups is 1. The van der Waals surface area contributed by atoms with Gasteiger partial charge < -0.3 is 15.4 Å². The van der Waals surface area contributed by atoms with Crippen LogP contribution in [-0.2, 0) is 6.42 Å². The monoisotopic (exact) mass is 361 g/mol. The van der Waals surface area contributed by atoms with Crippen LogP contribution in [0.2, 0.25) is 0 Å². The molecule has 0 aliphatic carbocycles. The van der Waals surface area contributed by atoms with Crippen molar-refractivity contribution in [2.24, 2.45) is 4.99 Å². The molecule has 1 aromatic carbocycles. The Bertz CT molecular complexity index is 396. The summed E-state index contributed by atoms with van der Waals surface area (Å²) < 4.78 is 5.31. The van der Waals surface area contributed by atoms with Gasteiger partial charge in [0.2, 0.25) is 0 Å². The molecule has 0 fully saturated rings. The first-order valence-corrected chi connectivity index (χ1v) is 6.04. The van der Waals surface area contributed by atoms with Gasteiger partial charge in [0.1, 0.15) is 5.75 Å². The van der Waals surface area contributed by atoms with E-state index in [0.717, 1.165) is 44.2 Å². The highest BCUT2D eigenvalue weighted by molar-refractivity contribution is 14.0. The van der Waals surface area contributed by atoms with Crippen molar-refractivity contribution in [3.8, 4) is 5.75 Å². The molecule has 18 heavy (non-hydrogen) atoms. The number of para-hydroxylation sites is 1. The molecule has 100 valence electrons. The Morgan fingerprint density at radius 3 is 2.94 bits per heavy atom. The molecule has 1 heterocycles. The van der Waals surface area contributed by atoms with E-state index in [9.17, 15) is 0 Å². The lowest BCUT2D eigenvalue weighted by Gasteiger charge is -2.16. The number of hydrogen-bond donors (Lipinski definition) is 2. The second kappa shape index (κ2) is 8.18. The summed E-state index contributed by atoms with van der Waals surface area (Å²) in [4.78, 5) is 4.37. The van der Waals surface area contributed by atoms with Gasteiger partial charge in [-0.2, -0.15) is 0 Å². The van der Waals surface area contributed by atoms with Crippen LogP contribution in [0, 0.1) is 0 Å². The number of ether oxygens (including phenoxy) is 1. The summed E-state index contributed by atoms with van der Waals surface area (Å²) in [6.45, 7) is 2.80. The maximum atomic E-state index is 5.31. The maximum Gasteiger partial charge on any atom is 0.191 e. The Labute approximate surface area is 125 Å². The van der Waals surface area contributed by atoms with Gasteiger partial charge in [0.15, 0.2) is 5.96 Å². The maximum absolute atomic E-state index is 5.31. The third kappa shape index (κ3) is 4.36. The van der Waals surface area contributed by atoms with E-state index in [1.807, 2.05) is 18.2 Å². The first-order chi connectivity index (χ1) is 8.40. The Kier molecular flexibility index (Phi) is 6.85. The summed E-state index contributed by atoms with van der Waals surface area (Å²) in [6, 6.07) is 8.11. The van der Waals surface area contributed by atoms with E-state index in [4.69, 9.17) is 4.74 Å². The molecule has 0 saturated carbocycles. The largest absolute Gasteiger partial charge is 0.496 e. The van der Waals surface area contributed by atoms with Crippen molar-refractivity contribution < 1.29 is 4.74 Å². The molecular formula is C13H20IN3O. The van der Waals surface area contributed by atoms with Gasteiger partial charge in [-0.15, -0.1) is 24.0 Å². The van der Waals surface area contributed by atoms with Crippen LogP contribution in [0.15, 0.2) is 29.3 Å². The number of benzene rings is 1. The summed E-state index contributed by atoms with van der Waals surface area (Å²) in [5.41, 5.74) is 1.22. The highest BCUT2D eigenvalue weighted by atomic mass is 127. The molecule has 1 aliphatic rings. The molecule has 0 amide bonds. The quantitative estimate of drug-likeness (QED) is 0.804. The van der Waals surface area contributed by atoms with Gasteiger partial charge in [0.25, 0.3) is 0 Å². The van der Waals surface area contributed by atoms with Crippen molar-refractivity contribution in [1.82, 2.24) is 10.6 Å². The fourth-order valence-corrected chi connectivity index (χ4v) is 1.88. The predicted molar refractivity (Wildman–Crippen MR) is 85.0 cm³/mol. The molecule has 0 atom stereocenters. The average Bonchev–Trinajstić information content (AvgIpc) is 2.40. The molecule has 0 unspecified atom stereocenters. The smallest absolute Gasteiger partial charge is 0.191 e. The summed E-state index contributed by atoms with van der Waals surface area (Å²) in [6.07, 6.45) is 2.06. The summed E-state index contributed by atoms with van der Waals surface area (Å²) >= 11 is 0. The third-order valence-electron chi connectivity index (χ3n) is 2.78. The van der Waals surface area contributed by atoms with E-state index < -0.39 is 0 Å². The number of guanidine groups is 1. The fraction of sp³-hybridized carbons (Fsp3) is 0.462. The van der Waals surface area contributed by atoms with Gasteiger partial charge in [-0.05, 0) is 24.5 Å². The van der Waals surface area contributed by atoms with Crippen LogP contribution < -0.4 is 15.4 Å². The van der Waals surface area contributed by atoms with E-state index in [1.54, 1.807) is 7.11 Å². The number of hydrogen-bond acceptors (Lipinski definition) is 4. The second-order valence-corrected chi connectivity index (χ2v) is 4.00. The molecule has 1 aliphatic heterocycles. The zero-order valence-corrected chi connectivity index (χ0v) is 12.9. The molecule has 0 spiro atoms. The lowest BCUT2D eigenvalue weighted by atomic mass is 10.1. The van der Waals surface area contributed by atoms with Crippen LogP contribution in [-0.4, -0.2) is 32.7 Å². The molecule has 0 bridgehead atoms. The molecular weight excluding hydrogens is 341 g/mol. The van der Waals surface area contributed by atoms with E-state index >= 15 is 0 Å². The Balaban J connectivity index is 0.00000162. The van der Waals surface area contributed by atoms with E-state index in [2.05, 4.69) is 21.7 Å². The molecule has 0 saturated heterocycles. The molecule has 1 aromatic rings. The normalized spacial score (nSPS) is 13.9. The van der Waals surface area contributed by atoms with E-state index in [1.165, 1.54) is 5.56 Å². The van der Waals surface area contributed by atoms with Gasteiger partial charge in [-0.25, -0.2) is 0 Å². The van der Waals surface area contributed by atoms with Crippen molar-refractivity contribution in [3.05, 3.63) is 29.8 Å². The fourth-order valence-electron chi connectivity index (χ4n) is 1.88. The lowest BCUT2D eigenvalue weighted by Crippen LogP contribution is -2.41. The SMILES string of the molecule is COc1ccccc1CCNC1=NCCCN1.I. The predicted octanol–water partition coefficient (Wildman–Crippen LogP) is 1.79. The minimum absolute atomic E-state index is 0. The number of methoxy groups -OCH3 is 1. The van der Waals surface area contributed by atoms with Gasteiger partial charge in [0.05, 0.1) is 7.11 Å². The van der Waals surface area contributed by atoms with Crippen LogP contribution in [0.25, 0.3) is 0 Å². The van der Waals surface area contributed by atoms with Crippen LogP contribution in [0.3, 0.4) is 0 Å². The van der Waals surface area contributed by atoms with Crippen LogP contribution in [0.4, 0.5) is 0 Å². The molecule has 0 radical (unpaired) electrons. The first kappa shape index (κ1) is 15.1. The van der Waals surface area contributed by atoms with Gasteiger partial charge in [-0.3, -0.25) is 4.99 Å².